The van der Waals surface area contributed by atoms with Gasteiger partial charge in [0.2, 0.25) is 5.78 Å². The summed E-state index contributed by atoms with van der Waals surface area (Å²) < 4.78 is 0. The highest BCUT2D eigenvalue weighted by molar-refractivity contribution is 6.25. The second-order valence-electron chi connectivity index (χ2n) is 12.2. The zero-order valence-electron chi connectivity index (χ0n) is 23.4. The summed E-state index contributed by atoms with van der Waals surface area (Å²) in [6.45, 7) is 8.80. The molecule has 0 aromatic heterocycles. The van der Waals surface area contributed by atoms with Gasteiger partial charge in [0.05, 0.1) is 11.6 Å². The fraction of sp³-hybridized carbons (Fsp3) is 0.552. The number of primary amides is 1. The number of nitrogens with one attached hydrogen (secondary N) is 1. The highest BCUT2D eigenvalue weighted by Gasteiger charge is 2.71. The number of benzene rings is 1. The van der Waals surface area contributed by atoms with E-state index in [1.807, 2.05) is 0 Å². The Morgan fingerprint density at radius 2 is 1.85 bits per heavy atom. The smallest absolute Gasteiger partial charge is 0.255 e. The first-order valence-corrected chi connectivity index (χ1v) is 13.3. The minimum atomic E-state index is -2.72. The SMILES string of the molecule is CCC(C)CNCc1ccc(O)c2c1C[C@@]1(C)C[C@@]3(C)[C@H](N(C)C)C(O)=C(C(N)=O)C(=O)[C@@]3(O)C(O)=C1C2=O. The van der Waals surface area contributed by atoms with Crippen molar-refractivity contribution in [3.63, 3.8) is 0 Å². The first kappa shape index (κ1) is 28.8. The number of aromatic hydroxyl groups is 1. The Kier molecular flexibility index (Phi) is 6.99. The maximum absolute atomic E-state index is 14.0. The summed E-state index contributed by atoms with van der Waals surface area (Å²) in [4.78, 5) is 41.4. The number of hydrogen-bond donors (Lipinski definition) is 6. The molecule has 0 radical (unpaired) electrons. The van der Waals surface area contributed by atoms with E-state index in [0.717, 1.165) is 18.5 Å². The van der Waals surface area contributed by atoms with E-state index in [1.54, 1.807) is 38.9 Å². The largest absolute Gasteiger partial charge is 0.510 e. The van der Waals surface area contributed by atoms with Gasteiger partial charge in [-0.15, -0.1) is 0 Å². The number of hydrogen-bond acceptors (Lipinski definition) is 9. The van der Waals surface area contributed by atoms with Gasteiger partial charge in [0, 0.05) is 22.9 Å². The van der Waals surface area contributed by atoms with Gasteiger partial charge in [-0.3, -0.25) is 19.3 Å². The number of nitrogens with zero attached hydrogens (tertiary/aromatic N) is 1. The average Bonchev–Trinajstić information content (AvgIpc) is 2.82. The van der Waals surface area contributed by atoms with Crippen molar-refractivity contribution in [3.05, 3.63) is 51.5 Å². The second-order valence-corrected chi connectivity index (χ2v) is 12.2. The van der Waals surface area contributed by atoms with E-state index in [4.69, 9.17) is 5.73 Å². The van der Waals surface area contributed by atoms with Gasteiger partial charge < -0.3 is 31.5 Å². The number of phenolic OH excluding ortho intramolecular Hbond substituents is 1. The molecule has 7 N–H and O–H groups in total. The van der Waals surface area contributed by atoms with Crippen molar-refractivity contribution in [2.24, 2.45) is 22.5 Å². The number of carbonyl (C=O) groups is 3. The number of phenols is 1. The highest BCUT2D eigenvalue weighted by Crippen LogP contribution is 2.62. The normalized spacial score (nSPS) is 31.2. The van der Waals surface area contributed by atoms with Crippen LogP contribution < -0.4 is 11.1 Å². The van der Waals surface area contributed by atoms with Crippen molar-refractivity contribution in [1.29, 1.82) is 0 Å². The summed E-state index contributed by atoms with van der Waals surface area (Å²) in [6, 6.07) is 2.11. The Morgan fingerprint density at radius 3 is 2.41 bits per heavy atom. The zero-order valence-corrected chi connectivity index (χ0v) is 23.4. The molecule has 3 aliphatic carbocycles. The van der Waals surface area contributed by atoms with Gasteiger partial charge in [0.15, 0.2) is 11.4 Å². The van der Waals surface area contributed by atoms with E-state index in [2.05, 4.69) is 19.2 Å². The minimum Gasteiger partial charge on any atom is -0.510 e. The molecule has 39 heavy (non-hydrogen) atoms. The lowest BCUT2D eigenvalue weighted by molar-refractivity contribution is -0.169. The summed E-state index contributed by atoms with van der Waals surface area (Å²) in [5.74, 6) is -4.47. The van der Waals surface area contributed by atoms with Crippen LogP contribution in [-0.2, 0) is 22.6 Å². The number of amides is 1. The number of likely N-dealkylation sites (N-methyl/N-ethyl adjacent to an activating group) is 1. The van der Waals surface area contributed by atoms with E-state index < -0.39 is 57.0 Å². The van der Waals surface area contributed by atoms with Crippen molar-refractivity contribution in [2.75, 3.05) is 20.6 Å². The van der Waals surface area contributed by atoms with E-state index in [0.29, 0.717) is 18.0 Å². The molecule has 0 bridgehead atoms. The van der Waals surface area contributed by atoms with E-state index in [-0.39, 0.29) is 29.7 Å². The summed E-state index contributed by atoms with van der Waals surface area (Å²) in [5.41, 5.74) is 0.548. The van der Waals surface area contributed by atoms with Gasteiger partial charge in [-0.2, -0.15) is 0 Å². The molecule has 5 atom stereocenters. The van der Waals surface area contributed by atoms with Gasteiger partial charge in [0.25, 0.3) is 5.91 Å². The standard InChI is InChI=1S/C29H39N3O7/c1-7-14(2)11-31-12-15-8-9-17(33)18-16(15)10-27(3)13-28(4)23(32(5)6)22(35)19(26(30)38)24(36)29(28,39)25(37)20(27)21(18)34/h8-9,14,23,31,33,35,37,39H,7,10-13H2,1-6H3,(H2,30,38)/t14?,23-,27+,28+,29-/m1/s1. The number of rotatable bonds is 7. The average molecular weight is 542 g/mol. The fourth-order valence-corrected chi connectivity index (χ4v) is 7.16. The van der Waals surface area contributed by atoms with Crippen LogP contribution in [0, 0.1) is 16.7 Å². The van der Waals surface area contributed by atoms with E-state index in [9.17, 15) is 34.8 Å². The number of carbonyl (C=O) groups excluding carboxylic acids is 3. The second kappa shape index (κ2) is 9.46. The molecule has 1 amide bonds. The summed E-state index contributed by atoms with van der Waals surface area (Å²) >= 11 is 0. The molecule has 4 rings (SSSR count). The Morgan fingerprint density at radius 1 is 1.21 bits per heavy atom. The molecule has 0 spiro atoms. The highest BCUT2D eigenvalue weighted by atomic mass is 16.4. The number of ketones is 2. The molecule has 0 heterocycles. The third kappa shape index (κ3) is 3.91. The Labute approximate surface area is 228 Å². The lowest BCUT2D eigenvalue weighted by Gasteiger charge is -2.59. The molecule has 1 aromatic rings. The van der Waals surface area contributed by atoms with Crippen molar-refractivity contribution in [1.82, 2.24) is 10.2 Å². The summed E-state index contributed by atoms with van der Waals surface area (Å²) in [7, 11) is 3.22. The minimum absolute atomic E-state index is 0.00115. The maximum atomic E-state index is 14.0. The van der Waals surface area contributed by atoms with E-state index in [1.165, 1.54) is 6.07 Å². The van der Waals surface area contributed by atoms with Gasteiger partial charge in [-0.25, -0.2) is 0 Å². The van der Waals surface area contributed by atoms with Gasteiger partial charge in [0.1, 0.15) is 22.8 Å². The van der Waals surface area contributed by atoms with Crippen LogP contribution in [0.25, 0.3) is 0 Å². The monoisotopic (exact) mass is 541 g/mol. The van der Waals surface area contributed by atoms with Gasteiger partial charge in [-0.05, 0) is 56.6 Å². The van der Waals surface area contributed by atoms with Crippen molar-refractivity contribution in [3.8, 4) is 5.75 Å². The Bertz CT molecular complexity index is 1330. The Hall–Kier alpha value is -3.21. The number of Topliss-reactive ketones (excluding diaryl/α,β-unsaturated/α-hetero) is 2. The number of fused-ring (bicyclic) bond motifs is 3. The van der Waals surface area contributed by atoms with Gasteiger partial charge >= 0.3 is 0 Å². The van der Waals surface area contributed by atoms with Gasteiger partial charge in [-0.1, -0.05) is 40.2 Å². The van der Waals surface area contributed by atoms with Crippen LogP contribution >= 0.6 is 0 Å². The topological polar surface area (TPSA) is 173 Å². The molecule has 10 nitrogen and oxygen atoms in total. The first-order valence-electron chi connectivity index (χ1n) is 13.3. The Balaban J connectivity index is 1.93. The fourth-order valence-electron chi connectivity index (χ4n) is 7.16. The molecule has 1 unspecified atom stereocenters. The number of aliphatic hydroxyl groups excluding tert-OH is 2. The van der Waals surface area contributed by atoms with Crippen LogP contribution in [0.1, 0.15) is 62.0 Å². The molecule has 1 aromatic carbocycles. The number of nitrogens with two attached hydrogens (primary N) is 1. The molecule has 0 saturated carbocycles. The van der Waals surface area contributed by atoms with Crippen LogP contribution in [-0.4, -0.2) is 75.1 Å². The quantitative estimate of drug-likeness (QED) is 0.282. The zero-order chi connectivity index (χ0) is 29.2. The van der Waals surface area contributed by atoms with Crippen LogP contribution in [0.2, 0.25) is 0 Å². The molecule has 0 aliphatic heterocycles. The molecule has 3 aliphatic rings. The molecule has 10 heteroatoms. The molecule has 0 fully saturated rings. The molecule has 212 valence electrons. The summed E-state index contributed by atoms with van der Waals surface area (Å²) in [6.07, 6.45) is 1.24. The van der Waals surface area contributed by atoms with Crippen molar-refractivity contribution in [2.45, 2.75) is 65.1 Å². The number of aliphatic hydroxyl groups is 3. The number of allylic oxidation sites excluding steroid dienone is 1. The maximum Gasteiger partial charge on any atom is 0.255 e. The summed E-state index contributed by atoms with van der Waals surface area (Å²) in [5, 5.41) is 48.9. The molecule has 0 saturated heterocycles. The predicted molar refractivity (Wildman–Crippen MR) is 144 cm³/mol. The van der Waals surface area contributed by atoms with Crippen LogP contribution in [0.4, 0.5) is 0 Å². The van der Waals surface area contributed by atoms with E-state index >= 15 is 0 Å². The first-order chi connectivity index (χ1) is 18.1. The van der Waals surface area contributed by atoms with Crippen molar-refractivity contribution < 1.29 is 34.8 Å². The van der Waals surface area contributed by atoms with Crippen LogP contribution in [0.5, 0.6) is 5.75 Å². The molecular formula is C29H39N3O7. The van der Waals surface area contributed by atoms with Crippen molar-refractivity contribution >= 4 is 17.5 Å². The third-order valence-corrected chi connectivity index (χ3v) is 9.12. The molecular weight excluding hydrogens is 502 g/mol. The van der Waals surface area contributed by atoms with Crippen LogP contribution in [0.15, 0.2) is 34.8 Å². The van der Waals surface area contributed by atoms with Crippen LogP contribution in [0.3, 0.4) is 0 Å². The predicted octanol–water partition coefficient (Wildman–Crippen LogP) is 2.04. The lowest BCUT2D eigenvalue weighted by Crippen LogP contribution is -2.70. The lowest BCUT2D eigenvalue weighted by atomic mass is 9.47. The third-order valence-electron chi connectivity index (χ3n) is 9.12.